The standard InChI is InChI=1S/C12H21BO3/c1-10(2)11(3,4)16-13(15-10)9-6-7-12(5,14)8-9/h6,14H,7-8H2,1-5H3. The van der Waals surface area contributed by atoms with Crippen molar-refractivity contribution in [3.05, 3.63) is 11.5 Å². The number of rotatable bonds is 1. The van der Waals surface area contributed by atoms with E-state index in [9.17, 15) is 5.11 Å². The van der Waals surface area contributed by atoms with E-state index in [1.54, 1.807) is 0 Å². The highest BCUT2D eigenvalue weighted by atomic mass is 16.7. The first-order valence-electron chi connectivity index (χ1n) is 5.90. The lowest BCUT2D eigenvalue weighted by Crippen LogP contribution is -2.41. The lowest BCUT2D eigenvalue weighted by Gasteiger charge is -2.32. The molecule has 1 heterocycles. The van der Waals surface area contributed by atoms with Gasteiger partial charge in [0.15, 0.2) is 0 Å². The summed E-state index contributed by atoms with van der Waals surface area (Å²) in [6, 6.07) is 0. The zero-order chi connectivity index (χ0) is 12.2. The topological polar surface area (TPSA) is 38.7 Å². The third kappa shape index (κ3) is 1.94. The Hall–Kier alpha value is -0.315. The molecule has 1 atom stereocenters. The molecule has 1 N–H and O–H groups in total. The van der Waals surface area contributed by atoms with Crippen molar-refractivity contribution in [3.8, 4) is 0 Å². The molecule has 4 heteroatoms. The molecule has 0 spiro atoms. The van der Waals surface area contributed by atoms with Crippen LogP contribution in [0.4, 0.5) is 0 Å². The predicted octanol–water partition coefficient (Wildman–Crippen LogP) is 2.09. The van der Waals surface area contributed by atoms with Gasteiger partial charge in [-0.3, -0.25) is 0 Å². The molecule has 16 heavy (non-hydrogen) atoms. The van der Waals surface area contributed by atoms with E-state index in [4.69, 9.17) is 9.31 Å². The van der Waals surface area contributed by atoms with Gasteiger partial charge in [-0.15, -0.1) is 0 Å². The average molecular weight is 224 g/mol. The Morgan fingerprint density at radius 2 is 1.62 bits per heavy atom. The minimum absolute atomic E-state index is 0.293. The zero-order valence-electron chi connectivity index (χ0n) is 10.8. The lowest BCUT2D eigenvalue weighted by atomic mass is 9.76. The third-order valence-electron chi connectivity index (χ3n) is 3.94. The summed E-state index contributed by atoms with van der Waals surface area (Å²) in [5.74, 6) is 0. The molecule has 0 amide bonds. The van der Waals surface area contributed by atoms with Crippen molar-refractivity contribution in [2.45, 2.75) is 64.3 Å². The zero-order valence-corrected chi connectivity index (χ0v) is 10.8. The lowest BCUT2D eigenvalue weighted by molar-refractivity contribution is 0.00578. The van der Waals surface area contributed by atoms with Crippen molar-refractivity contribution in [3.63, 3.8) is 0 Å². The predicted molar refractivity (Wildman–Crippen MR) is 64.0 cm³/mol. The van der Waals surface area contributed by atoms with Crippen LogP contribution in [0.5, 0.6) is 0 Å². The molecular formula is C12H21BO3. The highest BCUT2D eigenvalue weighted by Gasteiger charge is 2.53. The molecule has 0 aromatic heterocycles. The maximum atomic E-state index is 9.92. The molecule has 0 aromatic rings. The van der Waals surface area contributed by atoms with E-state index in [2.05, 4.69) is 0 Å². The Kier molecular flexibility index (Phi) is 2.54. The van der Waals surface area contributed by atoms with Gasteiger partial charge in [-0.2, -0.15) is 0 Å². The van der Waals surface area contributed by atoms with Crippen LogP contribution in [0.1, 0.15) is 47.5 Å². The van der Waals surface area contributed by atoms with E-state index in [1.165, 1.54) is 0 Å². The molecule has 0 bridgehead atoms. The maximum Gasteiger partial charge on any atom is 0.490 e. The van der Waals surface area contributed by atoms with Crippen LogP contribution in [0, 0.1) is 0 Å². The van der Waals surface area contributed by atoms with E-state index in [-0.39, 0.29) is 18.3 Å². The summed E-state index contributed by atoms with van der Waals surface area (Å²) < 4.78 is 11.9. The average Bonchev–Trinajstić information content (AvgIpc) is 2.52. The van der Waals surface area contributed by atoms with Gasteiger partial charge in [0.2, 0.25) is 0 Å². The molecule has 1 aliphatic heterocycles. The van der Waals surface area contributed by atoms with Crippen LogP contribution in [-0.4, -0.2) is 29.0 Å². The first-order valence-corrected chi connectivity index (χ1v) is 5.90. The van der Waals surface area contributed by atoms with Gasteiger partial charge in [-0.25, -0.2) is 0 Å². The fourth-order valence-electron chi connectivity index (χ4n) is 2.11. The fraction of sp³-hybridized carbons (Fsp3) is 0.833. The minimum Gasteiger partial charge on any atom is -0.400 e. The molecule has 2 aliphatic rings. The highest BCUT2D eigenvalue weighted by molar-refractivity contribution is 6.54. The number of hydrogen-bond donors (Lipinski definition) is 1. The summed E-state index contributed by atoms with van der Waals surface area (Å²) in [6.07, 6.45) is 3.37. The molecule has 1 saturated heterocycles. The summed E-state index contributed by atoms with van der Waals surface area (Å²) in [5.41, 5.74) is -0.151. The van der Waals surface area contributed by atoms with E-state index >= 15 is 0 Å². The molecule has 2 rings (SSSR count). The summed E-state index contributed by atoms with van der Waals surface area (Å²) in [6.45, 7) is 10.0. The molecule has 0 aromatic carbocycles. The molecule has 3 nitrogen and oxygen atoms in total. The quantitative estimate of drug-likeness (QED) is 0.693. The Balaban J connectivity index is 2.11. The number of aliphatic hydroxyl groups is 1. The molecule has 0 radical (unpaired) electrons. The second kappa shape index (κ2) is 3.34. The molecule has 90 valence electrons. The first kappa shape index (κ1) is 12.2. The molecule has 1 fully saturated rings. The van der Waals surface area contributed by atoms with Crippen molar-refractivity contribution < 1.29 is 14.4 Å². The summed E-state index contributed by atoms with van der Waals surface area (Å²) in [4.78, 5) is 0. The smallest absolute Gasteiger partial charge is 0.400 e. The van der Waals surface area contributed by atoms with Gasteiger partial charge in [0, 0.05) is 0 Å². The fourth-order valence-corrected chi connectivity index (χ4v) is 2.11. The van der Waals surface area contributed by atoms with E-state index in [0.29, 0.717) is 12.8 Å². The van der Waals surface area contributed by atoms with Crippen LogP contribution in [-0.2, 0) is 9.31 Å². The molecule has 1 unspecified atom stereocenters. The first-order chi connectivity index (χ1) is 7.13. The van der Waals surface area contributed by atoms with Crippen LogP contribution in [0.3, 0.4) is 0 Å². The van der Waals surface area contributed by atoms with Gasteiger partial charge in [-0.05, 0) is 52.9 Å². The second-order valence-corrected chi connectivity index (χ2v) is 6.25. The number of hydrogen-bond acceptors (Lipinski definition) is 3. The van der Waals surface area contributed by atoms with Gasteiger partial charge in [-0.1, -0.05) is 6.08 Å². The van der Waals surface area contributed by atoms with E-state index in [0.717, 1.165) is 5.47 Å². The monoisotopic (exact) mass is 224 g/mol. The van der Waals surface area contributed by atoms with Crippen molar-refractivity contribution in [2.75, 3.05) is 0 Å². The van der Waals surface area contributed by atoms with E-state index in [1.807, 2.05) is 40.7 Å². The van der Waals surface area contributed by atoms with Gasteiger partial charge in [0.1, 0.15) is 0 Å². The van der Waals surface area contributed by atoms with Crippen LogP contribution in [0.2, 0.25) is 0 Å². The van der Waals surface area contributed by atoms with Crippen molar-refractivity contribution in [1.82, 2.24) is 0 Å². The molecule has 1 aliphatic carbocycles. The summed E-state index contributed by atoms with van der Waals surface area (Å²) in [5, 5.41) is 9.92. The largest absolute Gasteiger partial charge is 0.490 e. The third-order valence-corrected chi connectivity index (χ3v) is 3.94. The van der Waals surface area contributed by atoms with Crippen LogP contribution >= 0.6 is 0 Å². The van der Waals surface area contributed by atoms with Gasteiger partial charge >= 0.3 is 7.12 Å². The summed E-state index contributed by atoms with van der Waals surface area (Å²) in [7, 11) is -0.293. The Labute approximate surface area is 98.0 Å². The van der Waals surface area contributed by atoms with Crippen LogP contribution in [0.25, 0.3) is 0 Å². The highest BCUT2D eigenvalue weighted by Crippen LogP contribution is 2.41. The Bertz CT molecular complexity index is 315. The molecule has 0 saturated carbocycles. The van der Waals surface area contributed by atoms with Crippen LogP contribution in [0.15, 0.2) is 11.5 Å². The SMILES string of the molecule is CC1(O)CC=C(B2OC(C)(C)C(C)(C)O2)C1. The normalized spacial score (nSPS) is 36.6. The van der Waals surface area contributed by atoms with E-state index < -0.39 is 5.60 Å². The molecular weight excluding hydrogens is 203 g/mol. The summed E-state index contributed by atoms with van der Waals surface area (Å²) >= 11 is 0. The van der Waals surface area contributed by atoms with Gasteiger partial charge in [0.05, 0.1) is 16.8 Å². The van der Waals surface area contributed by atoms with Gasteiger partial charge in [0.25, 0.3) is 0 Å². The Morgan fingerprint density at radius 3 is 2.00 bits per heavy atom. The second-order valence-electron chi connectivity index (χ2n) is 6.25. The van der Waals surface area contributed by atoms with Crippen molar-refractivity contribution in [1.29, 1.82) is 0 Å². The Morgan fingerprint density at radius 1 is 1.12 bits per heavy atom. The van der Waals surface area contributed by atoms with Crippen molar-refractivity contribution in [2.24, 2.45) is 0 Å². The van der Waals surface area contributed by atoms with Crippen molar-refractivity contribution >= 4 is 7.12 Å². The maximum absolute atomic E-state index is 9.92. The van der Waals surface area contributed by atoms with Gasteiger partial charge < -0.3 is 14.4 Å². The van der Waals surface area contributed by atoms with Crippen LogP contribution < -0.4 is 0 Å². The minimum atomic E-state index is -0.626.